The molecule has 1 fully saturated rings. The zero-order valence-corrected chi connectivity index (χ0v) is 11.7. The van der Waals surface area contributed by atoms with E-state index in [0.29, 0.717) is 5.75 Å². The second-order valence-corrected chi connectivity index (χ2v) is 5.98. The first kappa shape index (κ1) is 13.9. The van der Waals surface area contributed by atoms with Crippen molar-refractivity contribution in [1.82, 2.24) is 4.90 Å². The van der Waals surface area contributed by atoms with Crippen LogP contribution in [0.25, 0.3) is 0 Å². The number of rotatable bonds is 3. The molecule has 1 aliphatic heterocycles. The van der Waals surface area contributed by atoms with Crippen molar-refractivity contribution in [3.63, 3.8) is 0 Å². The van der Waals surface area contributed by atoms with Gasteiger partial charge in [0.25, 0.3) is 0 Å². The van der Waals surface area contributed by atoms with Crippen molar-refractivity contribution < 1.29 is 14.6 Å². The summed E-state index contributed by atoms with van der Waals surface area (Å²) >= 11 is 0. The van der Waals surface area contributed by atoms with Gasteiger partial charge in [0.2, 0.25) is 0 Å². The smallest absolute Gasteiger partial charge is 0.335 e. The van der Waals surface area contributed by atoms with Crippen LogP contribution in [0.2, 0.25) is 0 Å². The summed E-state index contributed by atoms with van der Waals surface area (Å²) in [6.07, 6.45) is 1.12. The number of nitrogens with zero attached hydrogens (tertiary/aromatic N) is 1. The van der Waals surface area contributed by atoms with Crippen LogP contribution in [0.5, 0.6) is 5.75 Å². The van der Waals surface area contributed by atoms with Crippen molar-refractivity contribution in [1.29, 1.82) is 0 Å². The molecule has 1 saturated heterocycles. The Morgan fingerprint density at radius 1 is 1.42 bits per heavy atom. The van der Waals surface area contributed by atoms with Crippen LogP contribution in [-0.4, -0.2) is 40.7 Å². The van der Waals surface area contributed by atoms with Crippen molar-refractivity contribution in [3.05, 3.63) is 29.8 Å². The standard InChI is InChI=1S/C15H21NO3/c1-15(2,3)16-8-7-13(10-16)19-12-6-4-5-11(9-12)14(17)18/h4-6,9,13H,7-8,10H2,1-3H3,(H,17,18). The fourth-order valence-electron chi connectivity index (χ4n) is 2.33. The first-order chi connectivity index (χ1) is 8.86. The molecule has 1 N–H and O–H groups in total. The summed E-state index contributed by atoms with van der Waals surface area (Å²) in [5, 5.41) is 8.96. The van der Waals surface area contributed by atoms with E-state index in [1.54, 1.807) is 18.2 Å². The van der Waals surface area contributed by atoms with E-state index in [-0.39, 0.29) is 17.2 Å². The zero-order valence-electron chi connectivity index (χ0n) is 11.7. The summed E-state index contributed by atoms with van der Waals surface area (Å²) in [7, 11) is 0. The number of carbonyl (C=O) groups is 1. The number of benzene rings is 1. The maximum Gasteiger partial charge on any atom is 0.335 e. The molecular formula is C15H21NO3. The van der Waals surface area contributed by atoms with Crippen LogP contribution in [0.4, 0.5) is 0 Å². The highest BCUT2D eigenvalue weighted by atomic mass is 16.5. The Bertz CT molecular complexity index is 465. The Labute approximate surface area is 114 Å². The number of aromatic carboxylic acids is 1. The van der Waals surface area contributed by atoms with Gasteiger partial charge in [0.1, 0.15) is 11.9 Å². The van der Waals surface area contributed by atoms with Crippen molar-refractivity contribution in [2.45, 2.75) is 38.8 Å². The van der Waals surface area contributed by atoms with Crippen LogP contribution in [0.3, 0.4) is 0 Å². The number of ether oxygens (including phenoxy) is 1. The van der Waals surface area contributed by atoms with Crippen LogP contribution in [-0.2, 0) is 0 Å². The van der Waals surface area contributed by atoms with Crippen molar-refractivity contribution >= 4 is 5.97 Å². The molecule has 0 aromatic heterocycles. The topological polar surface area (TPSA) is 49.8 Å². The molecule has 0 radical (unpaired) electrons. The molecule has 0 amide bonds. The molecule has 0 aliphatic carbocycles. The van der Waals surface area contributed by atoms with Gasteiger partial charge in [-0.15, -0.1) is 0 Å². The molecule has 2 rings (SSSR count). The lowest BCUT2D eigenvalue weighted by Gasteiger charge is -2.31. The molecule has 104 valence electrons. The van der Waals surface area contributed by atoms with Gasteiger partial charge >= 0.3 is 5.97 Å². The molecule has 4 heteroatoms. The molecule has 0 bridgehead atoms. The maximum absolute atomic E-state index is 10.9. The molecule has 0 spiro atoms. The van der Waals surface area contributed by atoms with Gasteiger partial charge in [0, 0.05) is 18.6 Å². The minimum atomic E-state index is -0.923. The van der Waals surface area contributed by atoms with E-state index in [2.05, 4.69) is 25.7 Å². The van der Waals surface area contributed by atoms with Gasteiger partial charge in [-0.1, -0.05) is 6.07 Å². The van der Waals surface area contributed by atoms with Crippen LogP contribution in [0, 0.1) is 0 Å². The lowest BCUT2D eigenvalue weighted by atomic mass is 10.1. The Balaban J connectivity index is 1.99. The van der Waals surface area contributed by atoms with Gasteiger partial charge in [-0.05, 0) is 45.4 Å². The number of hydrogen-bond acceptors (Lipinski definition) is 3. The fraction of sp³-hybridized carbons (Fsp3) is 0.533. The lowest BCUT2D eigenvalue weighted by molar-refractivity contribution is 0.0696. The van der Waals surface area contributed by atoms with E-state index in [0.717, 1.165) is 19.5 Å². The van der Waals surface area contributed by atoms with Gasteiger partial charge in [-0.2, -0.15) is 0 Å². The molecule has 1 atom stereocenters. The van der Waals surface area contributed by atoms with Crippen LogP contribution < -0.4 is 4.74 Å². The monoisotopic (exact) mass is 263 g/mol. The Kier molecular flexibility index (Phi) is 3.80. The molecule has 1 heterocycles. The van der Waals surface area contributed by atoms with Crippen molar-refractivity contribution in [3.8, 4) is 5.75 Å². The molecule has 1 aliphatic rings. The third kappa shape index (κ3) is 3.47. The molecule has 1 aromatic carbocycles. The van der Waals surface area contributed by atoms with Gasteiger partial charge in [0.05, 0.1) is 5.56 Å². The summed E-state index contributed by atoms with van der Waals surface area (Å²) in [6.45, 7) is 8.49. The van der Waals surface area contributed by atoms with E-state index in [1.807, 2.05) is 6.07 Å². The molecule has 1 unspecified atom stereocenters. The molecule has 0 saturated carbocycles. The van der Waals surface area contributed by atoms with E-state index < -0.39 is 5.97 Å². The lowest BCUT2D eigenvalue weighted by Crippen LogP contribution is -2.40. The predicted molar refractivity (Wildman–Crippen MR) is 73.8 cm³/mol. The zero-order chi connectivity index (χ0) is 14.0. The highest BCUT2D eigenvalue weighted by Crippen LogP contribution is 2.24. The maximum atomic E-state index is 10.9. The minimum absolute atomic E-state index is 0.142. The average Bonchev–Trinajstić information content (AvgIpc) is 2.77. The number of hydrogen-bond donors (Lipinski definition) is 1. The van der Waals surface area contributed by atoms with E-state index in [9.17, 15) is 4.79 Å². The van der Waals surface area contributed by atoms with E-state index >= 15 is 0 Å². The summed E-state index contributed by atoms with van der Waals surface area (Å²) in [6, 6.07) is 6.69. The molecule has 1 aromatic rings. The number of carboxylic acids is 1. The van der Waals surface area contributed by atoms with Gasteiger partial charge in [-0.3, -0.25) is 4.90 Å². The first-order valence-corrected chi connectivity index (χ1v) is 6.61. The van der Waals surface area contributed by atoms with Crippen molar-refractivity contribution in [2.24, 2.45) is 0 Å². The third-order valence-corrected chi connectivity index (χ3v) is 3.48. The summed E-state index contributed by atoms with van der Waals surface area (Å²) in [5.41, 5.74) is 0.421. The molecule has 4 nitrogen and oxygen atoms in total. The first-order valence-electron chi connectivity index (χ1n) is 6.61. The Hall–Kier alpha value is -1.55. The molecular weight excluding hydrogens is 242 g/mol. The number of carboxylic acid groups (broad SMARTS) is 1. The highest BCUT2D eigenvalue weighted by molar-refractivity contribution is 5.87. The van der Waals surface area contributed by atoms with E-state index in [4.69, 9.17) is 9.84 Å². The SMILES string of the molecule is CC(C)(C)N1CCC(Oc2cccc(C(=O)O)c2)C1. The fourth-order valence-corrected chi connectivity index (χ4v) is 2.33. The second kappa shape index (κ2) is 5.21. The average molecular weight is 263 g/mol. The van der Waals surface area contributed by atoms with Crippen LogP contribution in [0.1, 0.15) is 37.6 Å². The minimum Gasteiger partial charge on any atom is -0.489 e. The van der Waals surface area contributed by atoms with Crippen LogP contribution >= 0.6 is 0 Å². The van der Waals surface area contributed by atoms with Crippen molar-refractivity contribution in [2.75, 3.05) is 13.1 Å². The summed E-state index contributed by atoms with van der Waals surface area (Å²) < 4.78 is 5.89. The van der Waals surface area contributed by atoms with Gasteiger partial charge in [0.15, 0.2) is 0 Å². The van der Waals surface area contributed by atoms with Gasteiger partial charge < -0.3 is 9.84 Å². The quantitative estimate of drug-likeness (QED) is 0.910. The Morgan fingerprint density at radius 3 is 2.74 bits per heavy atom. The summed E-state index contributed by atoms with van der Waals surface area (Å²) in [5.74, 6) is -0.283. The van der Waals surface area contributed by atoms with E-state index in [1.165, 1.54) is 0 Å². The molecule has 19 heavy (non-hydrogen) atoms. The number of likely N-dealkylation sites (tertiary alicyclic amines) is 1. The highest BCUT2D eigenvalue weighted by Gasteiger charge is 2.31. The third-order valence-electron chi connectivity index (χ3n) is 3.48. The normalized spacial score (nSPS) is 20.5. The van der Waals surface area contributed by atoms with Gasteiger partial charge in [-0.25, -0.2) is 4.79 Å². The predicted octanol–water partition coefficient (Wildman–Crippen LogP) is 2.64. The largest absolute Gasteiger partial charge is 0.489 e. The Morgan fingerprint density at radius 2 is 2.16 bits per heavy atom. The summed E-state index contributed by atoms with van der Waals surface area (Å²) in [4.78, 5) is 13.3. The second-order valence-electron chi connectivity index (χ2n) is 5.98. The van der Waals surface area contributed by atoms with Crippen LogP contribution in [0.15, 0.2) is 24.3 Å².